The molecule has 0 unspecified atom stereocenters. The molecule has 0 spiro atoms. The van der Waals surface area contributed by atoms with E-state index in [9.17, 15) is 4.79 Å². The summed E-state index contributed by atoms with van der Waals surface area (Å²) in [5.41, 5.74) is 10.6. The van der Waals surface area contributed by atoms with Gasteiger partial charge in [0.15, 0.2) is 0 Å². The van der Waals surface area contributed by atoms with Crippen LogP contribution in [0.3, 0.4) is 0 Å². The maximum atomic E-state index is 13.6. The number of rotatable bonds is 2. The van der Waals surface area contributed by atoms with Gasteiger partial charge in [0.1, 0.15) is 23.0 Å². The van der Waals surface area contributed by atoms with Crippen LogP contribution in [0.1, 0.15) is 21.7 Å². The van der Waals surface area contributed by atoms with Crippen LogP contribution >= 0.6 is 11.6 Å². The number of nitrogens with two attached hydrogens (primary N) is 1. The number of hydrogen-bond acceptors (Lipinski definition) is 5. The van der Waals surface area contributed by atoms with E-state index in [1.807, 2.05) is 29.5 Å². The van der Waals surface area contributed by atoms with Crippen molar-refractivity contribution in [3.05, 3.63) is 46.2 Å². The van der Waals surface area contributed by atoms with E-state index in [1.165, 1.54) is 0 Å². The molecular formula is C21H21ClN4O3. The maximum absolute atomic E-state index is 13.6. The number of hydrogen-bond donors (Lipinski definition) is 1. The Morgan fingerprint density at radius 3 is 2.79 bits per heavy atom. The van der Waals surface area contributed by atoms with Crippen LogP contribution in [0, 0.1) is 6.92 Å². The number of nitrogen functional groups attached to an aromatic ring is 1. The van der Waals surface area contributed by atoms with Gasteiger partial charge in [-0.15, -0.1) is 0 Å². The molecule has 2 aliphatic rings. The third-order valence-corrected chi connectivity index (χ3v) is 5.74. The largest absolute Gasteiger partial charge is 0.492 e. The topological polar surface area (TPSA) is 82.1 Å². The van der Waals surface area contributed by atoms with Crippen molar-refractivity contribution in [2.75, 3.05) is 38.6 Å². The number of anilines is 1. The van der Waals surface area contributed by atoms with Gasteiger partial charge in [0.2, 0.25) is 0 Å². The van der Waals surface area contributed by atoms with Crippen molar-refractivity contribution >= 4 is 28.8 Å². The first kappa shape index (κ1) is 18.3. The fourth-order valence-corrected chi connectivity index (χ4v) is 4.36. The van der Waals surface area contributed by atoms with Crippen molar-refractivity contribution in [3.8, 4) is 17.0 Å². The lowest BCUT2D eigenvalue weighted by atomic mass is 10.0. The summed E-state index contributed by atoms with van der Waals surface area (Å²) in [6.07, 6.45) is 0.774. The summed E-state index contributed by atoms with van der Waals surface area (Å²) < 4.78 is 13.2. The fourth-order valence-electron chi connectivity index (χ4n) is 4.12. The highest BCUT2D eigenvalue weighted by molar-refractivity contribution is 6.31. The molecule has 7 nitrogen and oxygen atoms in total. The zero-order chi connectivity index (χ0) is 20.1. The van der Waals surface area contributed by atoms with Crippen molar-refractivity contribution < 1.29 is 14.3 Å². The lowest BCUT2D eigenvalue weighted by Gasteiger charge is -2.28. The number of aromatic nitrogens is 2. The van der Waals surface area contributed by atoms with Crippen molar-refractivity contribution in [1.82, 2.24) is 14.3 Å². The second-order valence-electron chi connectivity index (χ2n) is 7.33. The molecule has 0 aliphatic carbocycles. The van der Waals surface area contributed by atoms with Gasteiger partial charge in [-0.25, -0.2) is 4.98 Å². The third-order valence-electron chi connectivity index (χ3n) is 5.52. The number of amides is 1. The molecule has 150 valence electrons. The predicted octanol–water partition coefficient (Wildman–Crippen LogP) is 2.95. The average molecular weight is 413 g/mol. The Labute approximate surface area is 173 Å². The molecule has 0 radical (unpaired) electrons. The second kappa shape index (κ2) is 6.93. The number of carbonyl (C=O) groups is 1. The Balaban J connectivity index is 1.80. The lowest BCUT2D eigenvalue weighted by Crippen LogP contribution is -2.41. The van der Waals surface area contributed by atoms with Gasteiger partial charge in [-0.3, -0.25) is 4.79 Å². The number of ether oxygens (including phenoxy) is 2. The highest BCUT2D eigenvalue weighted by atomic mass is 35.5. The standard InChI is InChI=1S/C21H21ClN4O3/c1-12-2-3-16-20(23)24-17(15-11-14(22)10-13-4-7-29-19(13)15)18(26(12)16)21(27)25-5-8-28-9-6-25/h2-3,10-11H,4-9H2,1H3,(H2,23,24). The van der Waals surface area contributed by atoms with E-state index in [2.05, 4.69) is 4.98 Å². The minimum atomic E-state index is -0.105. The van der Waals surface area contributed by atoms with Crippen molar-refractivity contribution in [2.24, 2.45) is 0 Å². The van der Waals surface area contributed by atoms with Gasteiger partial charge in [-0.2, -0.15) is 0 Å². The van der Waals surface area contributed by atoms with Gasteiger partial charge in [0.05, 0.1) is 25.3 Å². The predicted molar refractivity (Wildman–Crippen MR) is 111 cm³/mol. The molecule has 1 saturated heterocycles. The third kappa shape index (κ3) is 2.92. The molecule has 2 aromatic heterocycles. The van der Waals surface area contributed by atoms with E-state index in [4.69, 9.17) is 26.8 Å². The smallest absolute Gasteiger partial charge is 0.273 e. The summed E-state index contributed by atoms with van der Waals surface area (Å²) in [5, 5.41) is 0.582. The van der Waals surface area contributed by atoms with Gasteiger partial charge in [0.25, 0.3) is 5.91 Å². The van der Waals surface area contributed by atoms with Crippen LogP contribution in [0.5, 0.6) is 5.75 Å². The summed E-state index contributed by atoms with van der Waals surface area (Å²) in [4.78, 5) is 20.1. The van der Waals surface area contributed by atoms with Crippen LogP contribution in [0.2, 0.25) is 5.02 Å². The number of benzene rings is 1. The van der Waals surface area contributed by atoms with Gasteiger partial charge in [0, 0.05) is 35.8 Å². The summed E-state index contributed by atoms with van der Waals surface area (Å²) in [6.45, 7) is 4.64. The number of halogens is 1. The minimum absolute atomic E-state index is 0.105. The van der Waals surface area contributed by atoms with Crippen molar-refractivity contribution in [2.45, 2.75) is 13.3 Å². The number of morpholine rings is 1. The summed E-state index contributed by atoms with van der Waals surface area (Å²) in [6, 6.07) is 7.52. The molecule has 0 saturated carbocycles. The molecule has 4 heterocycles. The first-order valence-corrected chi connectivity index (χ1v) is 10.0. The van der Waals surface area contributed by atoms with E-state index in [0.29, 0.717) is 66.2 Å². The number of aryl methyl sites for hydroxylation is 1. The van der Waals surface area contributed by atoms with Crippen LogP contribution in [-0.4, -0.2) is 53.1 Å². The molecule has 2 aliphatic heterocycles. The van der Waals surface area contributed by atoms with Gasteiger partial charge in [-0.1, -0.05) is 11.6 Å². The average Bonchev–Trinajstić information content (AvgIpc) is 3.35. The Hall–Kier alpha value is -2.77. The van der Waals surface area contributed by atoms with Crippen molar-refractivity contribution in [1.29, 1.82) is 0 Å². The first-order chi connectivity index (χ1) is 14.0. The number of nitrogens with zero attached hydrogens (tertiary/aromatic N) is 3. The Kier molecular flexibility index (Phi) is 4.37. The molecule has 3 aromatic rings. The molecule has 1 fully saturated rings. The Bertz CT molecular complexity index is 1130. The fraction of sp³-hybridized carbons (Fsp3) is 0.333. The van der Waals surface area contributed by atoms with Gasteiger partial charge < -0.3 is 24.5 Å². The second-order valence-corrected chi connectivity index (χ2v) is 7.77. The number of carbonyl (C=O) groups excluding carboxylic acids is 1. The van der Waals surface area contributed by atoms with Crippen LogP contribution in [0.15, 0.2) is 24.3 Å². The van der Waals surface area contributed by atoms with E-state index in [0.717, 1.165) is 23.4 Å². The summed E-state index contributed by atoms with van der Waals surface area (Å²) >= 11 is 6.39. The van der Waals surface area contributed by atoms with E-state index in [-0.39, 0.29) is 5.91 Å². The normalized spacial score (nSPS) is 16.1. The Morgan fingerprint density at radius 1 is 1.21 bits per heavy atom. The lowest BCUT2D eigenvalue weighted by molar-refractivity contribution is 0.0298. The van der Waals surface area contributed by atoms with Crippen LogP contribution in [0.25, 0.3) is 16.8 Å². The monoisotopic (exact) mass is 412 g/mol. The zero-order valence-corrected chi connectivity index (χ0v) is 16.8. The molecule has 1 aromatic carbocycles. The Morgan fingerprint density at radius 2 is 2.00 bits per heavy atom. The summed E-state index contributed by atoms with van der Waals surface area (Å²) in [5.74, 6) is 0.978. The SMILES string of the molecule is Cc1ccc2c(N)nc(-c3cc(Cl)cc4c3OCC4)c(C(=O)N3CCOCC3)n12. The quantitative estimate of drug-likeness (QED) is 0.699. The van der Waals surface area contributed by atoms with Gasteiger partial charge >= 0.3 is 0 Å². The molecule has 1 amide bonds. The summed E-state index contributed by atoms with van der Waals surface area (Å²) in [7, 11) is 0. The van der Waals surface area contributed by atoms with E-state index in [1.54, 1.807) is 11.0 Å². The van der Waals surface area contributed by atoms with E-state index < -0.39 is 0 Å². The molecular weight excluding hydrogens is 392 g/mol. The molecule has 2 N–H and O–H groups in total. The molecule has 0 bridgehead atoms. The highest BCUT2D eigenvalue weighted by Gasteiger charge is 2.30. The molecule has 0 atom stereocenters. The molecule has 8 heteroatoms. The number of fused-ring (bicyclic) bond motifs is 2. The minimum Gasteiger partial charge on any atom is -0.492 e. The molecule has 5 rings (SSSR count). The first-order valence-electron chi connectivity index (χ1n) is 9.64. The maximum Gasteiger partial charge on any atom is 0.273 e. The van der Waals surface area contributed by atoms with Gasteiger partial charge in [-0.05, 0) is 36.8 Å². The van der Waals surface area contributed by atoms with Crippen molar-refractivity contribution in [3.63, 3.8) is 0 Å². The van der Waals surface area contributed by atoms with Crippen LogP contribution in [-0.2, 0) is 11.2 Å². The highest BCUT2D eigenvalue weighted by Crippen LogP contribution is 2.41. The van der Waals surface area contributed by atoms with E-state index >= 15 is 0 Å². The van der Waals surface area contributed by atoms with Crippen LogP contribution in [0.4, 0.5) is 5.82 Å². The molecule has 29 heavy (non-hydrogen) atoms. The van der Waals surface area contributed by atoms with Crippen LogP contribution < -0.4 is 10.5 Å². The zero-order valence-electron chi connectivity index (χ0n) is 16.1.